The summed E-state index contributed by atoms with van der Waals surface area (Å²) >= 11 is 5.80. The fourth-order valence-corrected chi connectivity index (χ4v) is 4.40. The van der Waals surface area contributed by atoms with E-state index in [-0.39, 0.29) is 12.3 Å². The number of carboxylic acid groups (broad SMARTS) is 2. The van der Waals surface area contributed by atoms with Gasteiger partial charge in [-0.1, -0.05) is 11.6 Å². The number of amides is 1. The largest absolute Gasteiger partial charge is 0.481 e. The van der Waals surface area contributed by atoms with Gasteiger partial charge in [-0.3, -0.25) is 14.4 Å². The second kappa shape index (κ2) is 5.75. The van der Waals surface area contributed by atoms with Crippen molar-refractivity contribution in [3.8, 4) is 0 Å². The third-order valence-corrected chi connectivity index (χ3v) is 5.62. The summed E-state index contributed by atoms with van der Waals surface area (Å²) in [6.07, 6.45) is 0.708. The van der Waals surface area contributed by atoms with Gasteiger partial charge in [0.1, 0.15) is 0 Å². The molecule has 0 aromatic heterocycles. The Morgan fingerprint density at radius 2 is 1.79 bits per heavy atom. The van der Waals surface area contributed by atoms with Crippen LogP contribution in [0.25, 0.3) is 0 Å². The summed E-state index contributed by atoms with van der Waals surface area (Å²) in [6, 6.07) is 6.30. The molecule has 2 saturated carbocycles. The highest BCUT2D eigenvalue weighted by molar-refractivity contribution is 6.30. The summed E-state index contributed by atoms with van der Waals surface area (Å²) in [6.45, 7) is 0. The molecular weight excluding hydrogens is 336 g/mol. The number of halogens is 1. The van der Waals surface area contributed by atoms with Gasteiger partial charge >= 0.3 is 11.9 Å². The quantitative estimate of drug-likeness (QED) is 0.421. The molecule has 0 spiro atoms. The normalized spacial score (nSPS) is 30.5. The molecule has 0 bridgehead atoms. The molecule has 2 fully saturated rings. The standard InChI is InChI=1S/C16H17ClN2O5/c17-8-1-3-9(4-2-8)19(18)12(20)7-16-10(13(16)15(23)24)5-6-11(16)14(21)22/h1-4,10-11,13H,5-7,18H2,(H,21,22)(H,23,24). The first-order valence-corrected chi connectivity index (χ1v) is 7.95. The van der Waals surface area contributed by atoms with E-state index in [1.165, 1.54) is 0 Å². The van der Waals surface area contributed by atoms with Gasteiger partial charge in [-0.15, -0.1) is 0 Å². The van der Waals surface area contributed by atoms with Crippen molar-refractivity contribution in [2.45, 2.75) is 19.3 Å². The van der Waals surface area contributed by atoms with Crippen molar-refractivity contribution in [1.82, 2.24) is 0 Å². The molecule has 0 heterocycles. The maximum absolute atomic E-state index is 12.5. The summed E-state index contributed by atoms with van der Waals surface area (Å²) in [5.74, 6) is 1.33. The molecule has 1 amide bonds. The van der Waals surface area contributed by atoms with Crippen molar-refractivity contribution < 1.29 is 24.6 Å². The second-order valence-corrected chi connectivity index (χ2v) is 6.86. The monoisotopic (exact) mass is 352 g/mol. The topological polar surface area (TPSA) is 121 Å². The van der Waals surface area contributed by atoms with Crippen LogP contribution in [0.2, 0.25) is 5.02 Å². The van der Waals surface area contributed by atoms with Crippen molar-refractivity contribution >= 4 is 35.1 Å². The van der Waals surface area contributed by atoms with Gasteiger partial charge in [0.05, 0.1) is 17.5 Å². The number of hydrazine groups is 1. The van der Waals surface area contributed by atoms with Crippen LogP contribution in [0.4, 0.5) is 5.69 Å². The van der Waals surface area contributed by atoms with Gasteiger partial charge in [0.2, 0.25) is 5.91 Å². The van der Waals surface area contributed by atoms with Gasteiger partial charge in [0.25, 0.3) is 0 Å². The summed E-state index contributed by atoms with van der Waals surface area (Å²) in [7, 11) is 0. The molecule has 2 aliphatic carbocycles. The molecule has 24 heavy (non-hydrogen) atoms. The van der Waals surface area contributed by atoms with Gasteiger partial charge < -0.3 is 10.2 Å². The highest BCUT2D eigenvalue weighted by Crippen LogP contribution is 2.73. The number of nitrogens with zero attached hydrogens (tertiary/aromatic N) is 1. The van der Waals surface area contributed by atoms with Crippen LogP contribution in [0.5, 0.6) is 0 Å². The van der Waals surface area contributed by atoms with Crippen LogP contribution in [0.15, 0.2) is 24.3 Å². The number of fused-ring (bicyclic) bond motifs is 1. The zero-order valence-corrected chi connectivity index (χ0v) is 13.4. The molecule has 0 saturated heterocycles. The third kappa shape index (κ3) is 2.44. The highest BCUT2D eigenvalue weighted by Gasteiger charge is 2.76. The minimum Gasteiger partial charge on any atom is -0.481 e. The van der Waals surface area contributed by atoms with E-state index in [0.29, 0.717) is 23.6 Å². The van der Waals surface area contributed by atoms with E-state index in [1.54, 1.807) is 24.3 Å². The first-order chi connectivity index (χ1) is 11.3. The third-order valence-electron chi connectivity index (χ3n) is 5.37. The Kier molecular flexibility index (Phi) is 4.01. The molecular formula is C16H17ClN2O5. The van der Waals surface area contributed by atoms with Gasteiger partial charge in [-0.2, -0.15) is 0 Å². The lowest BCUT2D eigenvalue weighted by molar-refractivity contribution is -0.146. The predicted molar refractivity (Wildman–Crippen MR) is 85.2 cm³/mol. The van der Waals surface area contributed by atoms with Crippen molar-refractivity contribution in [1.29, 1.82) is 0 Å². The zero-order valence-electron chi connectivity index (χ0n) is 12.7. The van der Waals surface area contributed by atoms with Crippen molar-refractivity contribution in [2.24, 2.45) is 29.0 Å². The molecule has 8 heteroatoms. The van der Waals surface area contributed by atoms with Crippen LogP contribution in [-0.4, -0.2) is 28.1 Å². The molecule has 1 aromatic carbocycles. The van der Waals surface area contributed by atoms with Crippen LogP contribution in [0.3, 0.4) is 0 Å². The first kappa shape index (κ1) is 16.7. The summed E-state index contributed by atoms with van der Waals surface area (Å²) < 4.78 is 0. The maximum atomic E-state index is 12.5. The van der Waals surface area contributed by atoms with E-state index >= 15 is 0 Å². The Hall–Kier alpha value is -2.12. The molecule has 7 nitrogen and oxygen atoms in total. The Morgan fingerprint density at radius 3 is 2.29 bits per heavy atom. The molecule has 3 rings (SSSR count). The van der Waals surface area contributed by atoms with E-state index in [1.807, 2.05) is 0 Å². The van der Waals surface area contributed by atoms with Crippen molar-refractivity contribution in [3.05, 3.63) is 29.3 Å². The summed E-state index contributed by atoms with van der Waals surface area (Å²) in [5.41, 5.74) is -0.617. The fraction of sp³-hybridized carbons (Fsp3) is 0.438. The number of anilines is 1. The smallest absolute Gasteiger partial charge is 0.307 e. The first-order valence-electron chi connectivity index (χ1n) is 7.58. The van der Waals surface area contributed by atoms with Gasteiger partial charge in [-0.05, 0) is 43.0 Å². The molecule has 128 valence electrons. The fourth-order valence-electron chi connectivity index (χ4n) is 4.28. The SMILES string of the molecule is NN(C(=O)CC12C(C(=O)O)CCC1C2C(=O)O)c1ccc(Cl)cc1. The average Bonchev–Trinajstić information content (AvgIpc) is 3.00. The molecule has 4 atom stereocenters. The number of benzene rings is 1. The van der Waals surface area contributed by atoms with E-state index in [2.05, 4.69) is 0 Å². The van der Waals surface area contributed by atoms with E-state index in [9.17, 15) is 24.6 Å². The van der Waals surface area contributed by atoms with E-state index < -0.39 is 35.1 Å². The predicted octanol–water partition coefficient (Wildman–Crippen LogP) is 1.75. The van der Waals surface area contributed by atoms with Gasteiger partial charge in [0, 0.05) is 16.9 Å². The van der Waals surface area contributed by atoms with Crippen molar-refractivity contribution in [2.75, 3.05) is 5.01 Å². The molecule has 1 aromatic rings. The second-order valence-electron chi connectivity index (χ2n) is 6.42. The number of aliphatic carboxylic acids is 2. The molecule has 0 radical (unpaired) electrons. The number of rotatable bonds is 5. The van der Waals surface area contributed by atoms with Crippen molar-refractivity contribution in [3.63, 3.8) is 0 Å². The number of carbonyl (C=O) groups is 3. The van der Waals surface area contributed by atoms with E-state index in [4.69, 9.17) is 17.4 Å². The zero-order chi connectivity index (χ0) is 17.6. The molecule has 4 N–H and O–H groups in total. The number of nitrogens with two attached hydrogens (primary N) is 1. The number of hydrogen-bond donors (Lipinski definition) is 3. The maximum Gasteiger partial charge on any atom is 0.307 e. The van der Waals surface area contributed by atoms with Crippen LogP contribution in [0.1, 0.15) is 19.3 Å². The lowest BCUT2D eigenvalue weighted by Crippen LogP contribution is -2.41. The summed E-state index contributed by atoms with van der Waals surface area (Å²) in [4.78, 5) is 35.5. The van der Waals surface area contributed by atoms with E-state index in [0.717, 1.165) is 5.01 Å². The number of carboxylic acids is 2. The lowest BCUT2D eigenvalue weighted by atomic mass is 9.84. The number of hydrogen-bond acceptors (Lipinski definition) is 4. The minimum absolute atomic E-state index is 0.190. The number of carbonyl (C=O) groups excluding carboxylic acids is 1. The Bertz CT molecular complexity index is 707. The lowest BCUT2D eigenvalue weighted by Gasteiger charge is -2.24. The minimum atomic E-state index is -1.05. The van der Waals surface area contributed by atoms with Gasteiger partial charge in [-0.25, -0.2) is 10.9 Å². The molecule has 4 unspecified atom stereocenters. The molecule has 0 aliphatic heterocycles. The Labute approximate surface area is 143 Å². The summed E-state index contributed by atoms with van der Waals surface area (Å²) in [5, 5.41) is 20.2. The Balaban J connectivity index is 1.82. The van der Waals surface area contributed by atoms with Gasteiger partial charge in [0.15, 0.2) is 0 Å². The average molecular weight is 353 g/mol. The van der Waals surface area contributed by atoms with Crippen LogP contribution >= 0.6 is 11.6 Å². The van der Waals surface area contributed by atoms with Crippen LogP contribution < -0.4 is 10.9 Å². The van der Waals surface area contributed by atoms with Crippen LogP contribution in [0, 0.1) is 23.2 Å². The van der Waals surface area contributed by atoms with Crippen LogP contribution in [-0.2, 0) is 14.4 Å². The molecule has 2 aliphatic rings. The Morgan fingerprint density at radius 1 is 1.17 bits per heavy atom. The highest BCUT2D eigenvalue weighted by atomic mass is 35.5.